The largest absolute Gasteiger partial charge is 0.236 e. The van der Waals surface area contributed by atoms with Crippen molar-refractivity contribution in [2.75, 3.05) is 0 Å². The van der Waals surface area contributed by atoms with Crippen molar-refractivity contribution in [2.24, 2.45) is 0 Å². The predicted molar refractivity (Wildman–Crippen MR) is 245 cm³/mol. The maximum absolute atomic E-state index is 4.92. The third-order valence-electron chi connectivity index (χ3n) is 11.3. The fraction of sp³-hybridized carbons (Fsp3) is 0. The van der Waals surface area contributed by atoms with Gasteiger partial charge in [0.05, 0.1) is 10.2 Å². The van der Waals surface area contributed by atoms with Crippen LogP contribution in [0.5, 0.6) is 0 Å². The van der Waals surface area contributed by atoms with Crippen LogP contribution in [-0.2, 0) is 0 Å². The van der Waals surface area contributed by atoms with Gasteiger partial charge in [-0.3, -0.25) is 0 Å². The lowest BCUT2D eigenvalue weighted by Crippen LogP contribution is -1.94. The zero-order valence-corrected chi connectivity index (χ0v) is 31.9. The summed E-state index contributed by atoms with van der Waals surface area (Å²) >= 11 is 1.74. The van der Waals surface area contributed by atoms with Crippen molar-refractivity contribution in [3.05, 3.63) is 212 Å². The molecule has 0 bridgehead atoms. The SMILES string of the molecule is c1ccc(-c2cc3ccccc3cc2-c2ccc3c(c2)c(-c2ccccc2)c(-c2ccccc2)c2cc(-c4ccc(-c5nc6ccccc6s5)cc4)ccc23)cc1. The number of fused-ring (bicyclic) bond motifs is 5. The minimum atomic E-state index is 1.05. The van der Waals surface area contributed by atoms with E-state index in [1.807, 2.05) is 0 Å². The summed E-state index contributed by atoms with van der Waals surface area (Å²) in [6.07, 6.45) is 0. The van der Waals surface area contributed by atoms with Gasteiger partial charge in [-0.05, 0) is 124 Å². The summed E-state index contributed by atoms with van der Waals surface area (Å²) in [5.41, 5.74) is 14.3. The van der Waals surface area contributed by atoms with Gasteiger partial charge in [-0.2, -0.15) is 0 Å². The van der Waals surface area contributed by atoms with Crippen molar-refractivity contribution in [1.82, 2.24) is 4.98 Å². The highest BCUT2D eigenvalue weighted by Gasteiger charge is 2.20. The summed E-state index contributed by atoms with van der Waals surface area (Å²) in [7, 11) is 0. The Balaban J connectivity index is 1.15. The first-order valence-electron chi connectivity index (χ1n) is 19.4. The monoisotopic (exact) mass is 741 g/mol. The van der Waals surface area contributed by atoms with Crippen LogP contribution in [0.2, 0.25) is 0 Å². The van der Waals surface area contributed by atoms with Crippen LogP contribution < -0.4 is 0 Å². The number of thiazole rings is 1. The summed E-state index contributed by atoms with van der Waals surface area (Å²) in [6.45, 7) is 0. The molecule has 0 radical (unpaired) electrons. The Kier molecular flexibility index (Phi) is 8.08. The molecule has 0 spiro atoms. The zero-order valence-electron chi connectivity index (χ0n) is 31.1. The fourth-order valence-corrected chi connectivity index (χ4v) is 9.51. The number of aromatic nitrogens is 1. The predicted octanol–water partition coefficient (Wildman–Crippen LogP) is 15.8. The molecule has 1 aromatic heterocycles. The summed E-state index contributed by atoms with van der Waals surface area (Å²) in [6, 6.07) is 77.5. The van der Waals surface area contributed by atoms with Crippen LogP contribution in [0.15, 0.2) is 212 Å². The lowest BCUT2D eigenvalue weighted by Gasteiger charge is -2.21. The second-order valence-electron chi connectivity index (χ2n) is 14.7. The number of nitrogens with zero attached hydrogens (tertiary/aromatic N) is 1. The molecule has 266 valence electrons. The van der Waals surface area contributed by atoms with E-state index in [4.69, 9.17) is 4.98 Å². The average molecular weight is 742 g/mol. The molecule has 0 aliphatic rings. The molecular weight excluding hydrogens is 707 g/mol. The number of para-hydroxylation sites is 1. The molecule has 0 unspecified atom stereocenters. The molecule has 0 fully saturated rings. The molecule has 0 N–H and O–H groups in total. The molecule has 1 nitrogen and oxygen atoms in total. The van der Waals surface area contributed by atoms with Gasteiger partial charge in [0.25, 0.3) is 0 Å². The molecule has 11 aromatic rings. The number of benzene rings is 10. The number of hydrogen-bond acceptors (Lipinski definition) is 2. The van der Waals surface area contributed by atoms with Crippen molar-refractivity contribution in [1.29, 1.82) is 0 Å². The van der Waals surface area contributed by atoms with Crippen molar-refractivity contribution < 1.29 is 0 Å². The van der Waals surface area contributed by atoms with Gasteiger partial charge >= 0.3 is 0 Å². The van der Waals surface area contributed by atoms with Crippen LogP contribution in [-0.4, -0.2) is 4.98 Å². The third-order valence-corrected chi connectivity index (χ3v) is 12.4. The van der Waals surface area contributed by atoms with Gasteiger partial charge in [-0.25, -0.2) is 4.98 Å². The van der Waals surface area contributed by atoms with Crippen LogP contribution in [0.3, 0.4) is 0 Å². The van der Waals surface area contributed by atoms with E-state index in [9.17, 15) is 0 Å². The minimum absolute atomic E-state index is 1.05. The lowest BCUT2D eigenvalue weighted by molar-refractivity contribution is 1.48. The molecule has 11 rings (SSSR count). The van der Waals surface area contributed by atoms with E-state index in [0.29, 0.717) is 0 Å². The zero-order chi connectivity index (χ0) is 37.7. The van der Waals surface area contributed by atoms with E-state index in [2.05, 4.69) is 212 Å². The first-order chi connectivity index (χ1) is 28.2. The normalized spacial score (nSPS) is 11.5. The smallest absolute Gasteiger partial charge is 0.124 e. The van der Waals surface area contributed by atoms with Gasteiger partial charge in [0.1, 0.15) is 5.01 Å². The Morgan fingerprint density at radius 3 is 1.35 bits per heavy atom. The highest BCUT2D eigenvalue weighted by atomic mass is 32.1. The second-order valence-corrected chi connectivity index (χ2v) is 15.7. The van der Waals surface area contributed by atoms with E-state index in [-0.39, 0.29) is 0 Å². The highest BCUT2D eigenvalue weighted by molar-refractivity contribution is 7.21. The molecule has 1 heterocycles. The minimum Gasteiger partial charge on any atom is -0.236 e. The van der Waals surface area contributed by atoms with Gasteiger partial charge in [-0.15, -0.1) is 11.3 Å². The Bertz CT molecular complexity index is 3220. The first kappa shape index (κ1) is 33.2. The van der Waals surface area contributed by atoms with Crippen LogP contribution in [0.4, 0.5) is 0 Å². The van der Waals surface area contributed by atoms with Crippen molar-refractivity contribution in [2.45, 2.75) is 0 Å². The highest BCUT2D eigenvalue weighted by Crippen LogP contribution is 2.47. The Morgan fingerprint density at radius 1 is 0.298 bits per heavy atom. The van der Waals surface area contributed by atoms with E-state index in [0.717, 1.165) is 16.1 Å². The van der Waals surface area contributed by atoms with E-state index in [1.54, 1.807) is 11.3 Å². The topological polar surface area (TPSA) is 12.9 Å². The first-order valence-corrected chi connectivity index (χ1v) is 20.3. The molecule has 0 aliphatic carbocycles. The lowest BCUT2D eigenvalue weighted by atomic mass is 9.82. The van der Waals surface area contributed by atoms with Crippen LogP contribution in [0, 0.1) is 0 Å². The Hall–Kier alpha value is -7.13. The number of hydrogen-bond donors (Lipinski definition) is 0. The van der Waals surface area contributed by atoms with Gasteiger partial charge in [0.2, 0.25) is 0 Å². The molecule has 0 atom stereocenters. The third kappa shape index (κ3) is 5.90. The van der Waals surface area contributed by atoms with Crippen LogP contribution >= 0.6 is 11.3 Å². The second kappa shape index (κ2) is 13.9. The molecule has 0 saturated carbocycles. The van der Waals surface area contributed by atoms with E-state index < -0.39 is 0 Å². The van der Waals surface area contributed by atoms with E-state index >= 15 is 0 Å². The van der Waals surface area contributed by atoms with E-state index in [1.165, 1.54) is 92.7 Å². The molecule has 0 aliphatic heterocycles. The molecule has 10 aromatic carbocycles. The van der Waals surface area contributed by atoms with Gasteiger partial charge in [-0.1, -0.05) is 176 Å². The van der Waals surface area contributed by atoms with Gasteiger partial charge in [0.15, 0.2) is 0 Å². The summed E-state index contributed by atoms with van der Waals surface area (Å²) < 4.78 is 1.21. The van der Waals surface area contributed by atoms with Crippen LogP contribution in [0.1, 0.15) is 0 Å². The molecule has 0 amide bonds. The number of rotatable bonds is 6. The van der Waals surface area contributed by atoms with Crippen molar-refractivity contribution in [3.8, 4) is 66.2 Å². The summed E-state index contributed by atoms with van der Waals surface area (Å²) in [5.74, 6) is 0. The Labute approximate surface area is 335 Å². The van der Waals surface area contributed by atoms with Crippen molar-refractivity contribution in [3.63, 3.8) is 0 Å². The average Bonchev–Trinajstić information content (AvgIpc) is 3.73. The molecular formula is C55H35NS. The quantitative estimate of drug-likeness (QED) is 0.155. The molecule has 0 saturated heterocycles. The fourth-order valence-electron chi connectivity index (χ4n) is 8.53. The van der Waals surface area contributed by atoms with Gasteiger partial charge in [0, 0.05) is 5.56 Å². The maximum atomic E-state index is 4.92. The maximum Gasteiger partial charge on any atom is 0.124 e. The summed E-state index contributed by atoms with van der Waals surface area (Å²) in [5, 5.41) is 8.49. The molecule has 57 heavy (non-hydrogen) atoms. The summed E-state index contributed by atoms with van der Waals surface area (Å²) in [4.78, 5) is 4.92. The van der Waals surface area contributed by atoms with Crippen molar-refractivity contribution >= 4 is 53.9 Å². The van der Waals surface area contributed by atoms with Crippen LogP contribution in [0.25, 0.3) is 109 Å². The Morgan fingerprint density at radius 2 is 0.754 bits per heavy atom. The molecule has 2 heteroatoms. The standard InChI is InChI=1S/C55H35NS/c1-4-14-37(15-5-1)47-32-41-20-10-11-21-42(41)33-48(47)44-29-31-46-45-30-28-43(36-24-26-40(27-25-36)55-56-51-22-12-13-23-52(51)57-55)34-49(45)53(38-16-6-2-7-17-38)54(50(46)35-44)39-18-8-3-9-19-39/h1-35H. The van der Waals surface area contributed by atoms with Gasteiger partial charge < -0.3 is 0 Å².